The van der Waals surface area contributed by atoms with Crippen LogP contribution in [0.4, 0.5) is 17.1 Å². The number of carbonyl (C=O) groups is 3. The number of amides is 3. The molecule has 0 saturated heterocycles. The molecule has 3 N–H and O–H groups in total. The van der Waals surface area contributed by atoms with E-state index in [0.717, 1.165) is 11.3 Å². The van der Waals surface area contributed by atoms with E-state index in [9.17, 15) is 14.4 Å². The molecule has 0 fully saturated rings. The maximum absolute atomic E-state index is 12.6. The molecule has 9 heteroatoms. The fraction of sp³-hybridized carbons (Fsp3) is 0.0833. The molecule has 0 saturated carbocycles. The molecule has 0 atom stereocenters. The predicted molar refractivity (Wildman–Crippen MR) is 131 cm³/mol. The fourth-order valence-corrected chi connectivity index (χ4v) is 2.90. The number of para-hydroxylation sites is 1. The lowest BCUT2D eigenvalue weighted by atomic mass is 10.1. The van der Waals surface area contributed by atoms with Crippen LogP contribution in [0.2, 0.25) is 5.02 Å². The highest BCUT2D eigenvalue weighted by Crippen LogP contribution is 2.19. The Kier molecular flexibility index (Phi) is 7.77. The van der Waals surface area contributed by atoms with Gasteiger partial charge in [0.05, 0.1) is 17.5 Å². The van der Waals surface area contributed by atoms with Crippen molar-refractivity contribution in [3.8, 4) is 0 Å². The Labute approximate surface area is 196 Å². The Balaban J connectivity index is 1.60. The Morgan fingerprint density at radius 1 is 0.848 bits per heavy atom. The summed E-state index contributed by atoms with van der Waals surface area (Å²) in [5, 5.41) is 9.51. The number of nitrogens with one attached hydrogen (secondary N) is 3. The van der Waals surface area contributed by atoms with Crippen molar-refractivity contribution < 1.29 is 14.4 Å². The zero-order chi connectivity index (χ0) is 23.8. The molecule has 0 spiro atoms. The summed E-state index contributed by atoms with van der Waals surface area (Å²) in [4.78, 5) is 39.0. The van der Waals surface area contributed by atoms with Crippen LogP contribution < -0.4 is 21.0 Å². The Hall–Kier alpha value is -4.17. The number of hydrogen-bond donors (Lipinski definition) is 3. The van der Waals surface area contributed by atoms with E-state index < -0.39 is 17.7 Å². The minimum atomic E-state index is -0.968. The molecule has 168 valence electrons. The number of rotatable bonds is 6. The molecule has 3 aromatic rings. The third kappa shape index (κ3) is 6.65. The third-order valence-corrected chi connectivity index (χ3v) is 4.77. The van der Waals surface area contributed by atoms with Gasteiger partial charge in [-0.25, -0.2) is 5.43 Å². The van der Waals surface area contributed by atoms with Crippen molar-refractivity contribution in [2.75, 3.05) is 29.6 Å². The summed E-state index contributed by atoms with van der Waals surface area (Å²) in [5.74, 6) is -2.38. The van der Waals surface area contributed by atoms with Gasteiger partial charge in [-0.1, -0.05) is 35.9 Å². The van der Waals surface area contributed by atoms with Crippen LogP contribution in [0.1, 0.15) is 15.9 Å². The molecule has 0 heterocycles. The number of hydrazone groups is 1. The number of anilines is 3. The van der Waals surface area contributed by atoms with Crippen LogP contribution in [0, 0.1) is 0 Å². The average Bonchev–Trinajstić information content (AvgIpc) is 2.81. The van der Waals surface area contributed by atoms with E-state index in [-0.39, 0.29) is 11.3 Å². The average molecular weight is 464 g/mol. The van der Waals surface area contributed by atoms with Gasteiger partial charge in [0, 0.05) is 30.5 Å². The van der Waals surface area contributed by atoms with Crippen LogP contribution in [0.15, 0.2) is 77.9 Å². The zero-order valence-corrected chi connectivity index (χ0v) is 18.8. The second kappa shape index (κ2) is 10.9. The highest BCUT2D eigenvalue weighted by molar-refractivity contribution is 6.40. The number of carbonyl (C=O) groups excluding carboxylic acids is 3. The topological polar surface area (TPSA) is 103 Å². The first kappa shape index (κ1) is 23.5. The van der Waals surface area contributed by atoms with Crippen molar-refractivity contribution >= 4 is 52.6 Å². The smallest absolute Gasteiger partial charge is 0.329 e. The summed E-state index contributed by atoms with van der Waals surface area (Å²) >= 11 is 5.86. The van der Waals surface area contributed by atoms with Gasteiger partial charge in [-0.15, -0.1) is 0 Å². The summed E-state index contributed by atoms with van der Waals surface area (Å²) in [6.07, 6.45) is 1.43. The molecule has 0 unspecified atom stereocenters. The number of nitrogens with zero attached hydrogens (tertiary/aromatic N) is 2. The Morgan fingerprint density at radius 2 is 1.52 bits per heavy atom. The number of hydrogen-bond acceptors (Lipinski definition) is 5. The maximum atomic E-state index is 12.6. The molecule has 33 heavy (non-hydrogen) atoms. The summed E-state index contributed by atoms with van der Waals surface area (Å²) in [7, 11) is 3.86. The van der Waals surface area contributed by atoms with Crippen LogP contribution >= 0.6 is 11.6 Å². The second-order valence-electron chi connectivity index (χ2n) is 7.15. The molecule has 8 nitrogen and oxygen atoms in total. The van der Waals surface area contributed by atoms with Crippen molar-refractivity contribution in [2.45, 2.75) is 0 Å². The molecule has 0 radical (unpaired) electrons. The van der Waals surface area contributed by atoms with Gasteiger partial charge in [0.25, 0.3) is 5.91 Å². The molecule has 0 bridgehead atoms. The first-order chi connectivity index (χ1) is 15.8. The normalized spacial score (nSPS) is 10.5. The predicted octanol–water partition coefficient (Wildman–Crippen LogP) is 3.75. The fourth-order valence-electron chi connectivity index (χ4n) is 2.78. The lowest BCUT2D eigenvalue weighted by molar-refractivity contribution is -0.136. The van der Waals surface area contributed by atoms with Crippen LogP contribution in [0.25, 0.3) is 0 Å². The minimum Gasteiger partial charge on any atom is -0.378 e. The molecule has 3 amide bonds. The minimum absolute atomic E-state index is 0.187. The molecule has 0 aliphatic carbocycles. The van der Waals surface area contributed by atoms with Gasteiger partial charge >= 0.3 is 11.8 Å². The summed E-state index contributed by atoms with van der Waals surface area (Å²) in [6.45, 7) is 0. The molecule has 0 aromatic heterocycles. The third-order valence-electron chi connectivity index (χ3n) is 4.52. The SMILES string of the molecule is CN(C)c1ccc(C=NNC(=O)C(=O)Nc2ccccc2C(=O)Nc2ccc(Cl)cc2)cc1. The largest absolute Gasteiger partial charge is 0.378 e. The first-order valence-corrected chi connectivity index (χ1v) is 10.3. The van der Waals surface area contributed by atoms with E-state index in [1.165, 1.54) is 18.3 Å². The van der Waals surface area contributed by atoms with Gasteiger partial charge in [0.1, 0.15) is 0 Å². The molecule has 3 aromatic carbocycles. The van der Waals surface area contributed by atoms with Gasteiger partial charge in [-0.3, -0.25) is 14.4 Å². The van der Waals surface area contributed by atoms with E-state index >= 15 is 0 Å². The van der Waals surface area contributed by atoms with Crippen LogP contribution in [-0.4, -0.2) is 38.0 Å². The quantitative estimate of drug-likeness (QED) is 0.294. The van der Waals surface area contributed by atoms with E-state index in [0.29, 0.717) is 10.7 Å². The second-order valence-corrected chi connectivity index (χ2v) is 7.58. The highest BCUT2D eigenvalue weighted by Gasteiger charge is 2.17. The van der Waals surface area contributed by atoms with E-state index in [1.54, 1.807) is 36.4 Å². The van der Waals surface area contributed by atoms with Gasteiger partial charge in [0.15, 0.2) is 0 Å². The zero-order valence-electron chi connectivity index (χ0n) is 18.0. The Bertz CT molecular complexity index is 1180. The Morgan fingerprint density at radius 3 is 2.18 bits per heavy atom. The van der Waals surface area contributed by atoms with Crippen molar-refractivity contribution in [1.82, 2.24) is 5.43 Å². The molecule has 0 aliphatic heterocycles. The van der Waals surface area contributed by atoms with Gasteiger partial charge in [-0.2, -0.15) is 5.10 Å². The van der Waals surface area contributed by atoms with Crippen molar-refractivity contribution in [3.05, 3.63) is 88.9 Å². The van der Waals surface area contributed by atoms with E-state index in [4.69, 9.17) is 11.6 Å². The van der Waals surface area contributed by atoms with Gasteiger partial charge < -0.3 is 15.5 Å². The molecular weight excluding hydrogens is 442 g/mol. The first-order valence-electron chi connectivity index (χ1n) is 9.91. The summed E-state index contributed by atoms with van der Waals surface area (Å²) < 4.78 is 0. The standard InChI is InChI=1S/C24H22ClN5O3/c1-30(2)19-13-7-16(8-14-19)15-26-29-24(33)23(32)28-21-6-4-3-5-20(21)22(31)27-18-11-9-17(25)10-12-18/h3-15H,1-2H3,(H,27,31)(H,28,32)(H,29,33). The molecule has 3 rings (SSSR count). The van der Waals surface area contributed by atoms with Gasteiger partial charge in [0.2, 0.25) is 0 Å². The maximum Gasteiger partial charge on any atom is 0.329 e. The van der Waals surface area contributed by atoms with Gasteiger partial charge in [-0.05, 0) is 54.1 Å². The van der Waals surface area contributed by atoms with E-state index in [1.807, 2.05) is 43.3 Å². The van der Waals surface area contributed by atoms with Crippen molar-refractivity contribution in [3.63, 3.8) is 0 Å². The van der Waals surface area contributed by atoms with E-state index in [2.05, 4.69) is 21.2 Å². The lowest BCUT2D eigenvalue weighted by Crippen LogP contribution is -2.33. The summed E-state index contributed by atoms with van der Waals surface area (Å²) in [5.41, 5.74) is 4.87. The van der Waals surface area contributed by atoms with Crippen LogP contribution in [0.3, 0.4) is 0 Å². The lowest BCUT2D eigenvalue weighted by Gasteiger charge is -2.11. The summed E-state index contributed by atoms with van der Waals surface area (Å²) in [6, 6.07) is 20.4. The molecule has 0 aliphatic rings. The number of benzene rings is 3. The number of halogens is 1. The highest BCUT2D eigenvalue weighted by atomic mass is 35.5. The van der Waals surface area contributed by atoms with Crippen LogP contribution in [0.5, 0.6) is 0 Å². The van der Waals surface area contributed by atoms with Crippen molar-refractivity contribution in [2.24, 2.45) is 5.10 Å². The molecular formula is C24H22ClN5O3. The van der Waals surface area contributed by atoms with Crippen molar-refractivity contribution in [1.29, 1.82) is 0 Å². The monoisotopic (exact) mass is 463 g/mol. The van der Waals surface area contributed by atoms with Crippen LogP contribution in [-0.2, 0) is 9.59 Å².